The molecule has 2 aromatic carbocycles. The van der Waals surface area contributed by atoms with E-state index in [9.17, 15) is 32.8 Å². The van der Waals surface area contributed by atoms with Gasteiger partial charge in [-0.05, 0) is 48.6 Å². The lowest BCUT2D eigenvalue weighted by atomic mass is 10.0. The fraction of sp³-hybridized carbons (Fsp3) is 0.371. The number of alkyl halides is 2. The van der Waals surface area contributed by atoms with Crippen molar-refractivity contribution in [1.82, 2.24) is 35.7 Å². The Kier molecular flexibility index (Phi) is 9.93. The Hall–Kier alpha value is -5.60. The maximum atomic E-state index is 14.9. The lowest BCUT2D eigenvalue weighted by Crippen LogP contribution is -2.52. The average Bonchev–Trinajstić information content (AvgIpc) is 3.44. The number of nitrogens with one attached hydrogen (secondary N) is 4. The molecule has 2 fully saturated rings. The Labute approximate surface area is 286 Å². The van der Waals surface area contributed by atoms with Gasteiger partial charge < -0.3 is 25.8 Å². The second kappa shape index (κ2) is 14.5. The highest BCUT2D eigenvalue weighted by atomic mass is 19.3. The Morgan fingerprint density at radius 2 is 1.82 bits per heavy atom. The van der Waals surface area contributed by atoms with Crippen LogP contribution in [0.3, 0.4) is 0 Å². The van der Waals surface area contributed by atoms with E-state index in [4.69, 9.17) is 5.41 Å². The molecule has 6 rings (SSSR count). The number of hydrogen-bond acceptors (Lipinski definition) is 9. The summed E-state index contributed by atoms with van der Waals surface area (Å²) in [5.41, 5.74) is 4.18. The van der Waals surface area contributed by atoms with Crippen LogP contribution < -0.4 is 16.0 Å². The highest BCUT2D eigenvalue weighted by Gasteiger charge is 2.43. The summed E-state index contributed by atoms with van der Waals surface area (Å²) in [4.78, 5) is 73.3. The maximum Gasteiger partial charge on any atom is 0.325 e. The number of allylic oxidation sites excluding steroid dienone is 1. The van der Waals surface area contributed by atoms with Gasteiger partial charge in [-0.3, -0.25) is 34.3 Å². The van der Waals surface area contributed by atoms with Gasteiger partial charge in [0.05, 0.1) is 22.9 Å². The van der Waals surface area contributed by atoms with Crippen molar-refractivity contribution in [2.45, 2.75) is 69.6 Å². The minimum Gasteiger partial charge on any atom is -0.387 e. The Balaban J connectivity index is 0.943. The summed E-state index contributed by atoms with van der Waals surface area (Å²) in [6.45, 7) is 0.430. The van der Waals surface area contributed by atoms with Gasteiger partial charge >= 0.3 is 5.92 Å². The number of benzene rings is 2. The summed E-state index contributed by atoms with van der Waals surface area (Å²) in [6.07, 6.45) is 4.13. The Bertz CT molecular complexity index is 1890. The minimum atomic E-state index is -3.72. The second-order valence-corrected chi connectivity index (χ2v) is 12.6. The first kappa shape index (κ1) is 34.3. The zero-order valence-corrected chi connectivity index (χ0v) is 27.1. The predicted molar refractivity (Wildman–Crippen MR) is 178 cm³/mol. The van der Waals surface area contributed by atoms with Crippen molar-refractivity contribution < 1.29 is 32.8 Å². The van der Waals surface area contributed by atoms with E-state index in [1.807, 2.05) is 24.3 Å². The summed E-state index contributed by atoms with van der Waals surface area (Å²) < 4.78 is 29.9. The first-order valence-electron chi connectivity index (χ1n) is 16.4. The topological polar surface area (TPSA) is 178 Å². The molecule has 3 aliphatic heterocycles. The minimum absolute atomic E-state index is 0.0281. The molecule has 0 radical (unpaired) electrons. The van der Waals surface area contributed by atoms with Crippen LogP contribution in [0.4, 0.5) is 8.78 Å². The molecule has 0 bridgehead atoms. The molecular formula is C35H36F2N8O5. The molecule has 0 saturated carbocycles. The first-order valence-corrected chi connectivity index (χ1v) is 16.4. The number of fused-ring (bicyclic) bond motifs is 2. The third kappa shape index (κ3) is 7.51. The van der Waals surface area contributed by atoms with Gasteiger partial charge in [-0.1, -0.05) is 24.3 Å². The highest BCUT2D eigenvalue weighted by Crippen LogP contribution is 2.29. The summed E-state index contributed by atoms with van der Waals surface area (Å²) in [5, 5.41) is 15.9. The molecule has 0 aliphatic carbocycles. The summed E-state index contributed by atoms with van der Waals surface area (Å²) in [7, 11) is 0. The van der Waals surface area contributed by atoms with E-state index in [2.05, 4.69) is 25.9 Å². The molecule has 5 amide bonds. The van der Waals surface area contributed by atoms with Gasteiger partial charge in [-0.15, -0.1) is 0 Å². The van der Waals surface area contributed by atoms with Crippen molar-refractivity contribution >= 4 is 52.4 Å². The van der Waals surface area contributed by atoms with Gasteiger partial charge in [-0.2, -0.15) is 8.78 Å². The molecule has 13 nitrogen and oxygen atoms in total. The number of imide groups is 1. The van der Waals surface area contributed by atoms with Gasteiger partial charge in [0.15, 0.2) is 0 Å². The maximum absolute atomic E-state index is 14.9. The number of piperidine rings is 2. The van der Waals surface area contributed by atoms with E-state index in [-0.39, 0.29) is 56.9 Å². The standard InChI is InChI=1S/C35H36F2N8O5/c36-35(37,34(50)44-13-10-24(11-14-44)39-18-23(16-38)28-19-40-26-3-1-2-4-27(26)42-28)12-9-30(46)41-17-21-5-6-25-22(15-21)20-45(33(25)49)29-7-8-31(47)43-32(29)48/h1-6,15-16,18-19,24,29,38-39H,7-14,17,20H2,(H,41,46)(H,43,47,48)/b23-18+,38-16?. The summed E-state index contributed by atoms with van der Waals surface area (Å²) >= 11 is 0. The molecule has 260 valence electrons. The number of amides is 5. The number of carbonyl (C=O) groups excluding carboxylic acids is 5. The number of nitrogens with zero attached hydrogens (tertiary/aromatic N) is 4. The molecule has 3 aromatic rings. The predicted octanol–water partition coefficient (Wildman–Crippen LogP) is 2.69. The molecule has 4 N–H and O–H groups in total. The molecule has 2 saturated heterocycles. The van der Waals surface area contributed by atoms with Crippen LogP contribution in [0.1, 0.15) is 65.7 Å². The Morgan fingerprint density at radius 1 is 1.06 bits per heavy atom. The van der Waals surface area contributed by atoms with Gasteiger partial charge in [-0.25, -0.2) is 4.98 Å². The van der Waals surface area contributed by atoms with Crippen molar-refractivity contribution in [2.75, 3.05) is 13.1 Å². The van der Waals surface area contributed by atoms with Gasteiger partial charge in [0, 0.05) is 75.0 Å². The number of halogens is 2. The van der Waals surface area contributed by atoms with Crippen molar-refractivity contribution in [3.63, 3.8) is 0 Å². The second-order valence-electron chi connectivity index (χ2n) is 12.6. The van der Waals surface area contributed by atoms with Crippen LogP contribution >= 0.6 is 0 Å². The third-order valence-electron chi connectivity index (χ3n) is 9.21. The fourth-order valence-electron chi connectivity index (χ4n) is 6.38. The fourth-order valence-corrected chi connectivity index (χ4v) is 6.38. The molecule has 15 heteroatoms. The van der Waals surface area contributed by atoms with Crippen molar-refractivity contribution in [3.05, 3.63) is 77.2 Å². The summed E-state index contributed by atoms with van der Waals surface area (Å²) in [5.74, 6) is -6.88. The quantitative estimate of drug-likeness (QED) is 0.176. The van der Waals surface area contributed by atoms with Crippen molar-refractivity contribution in [2.24, 2.45) is 0 Å². The number of likely N-dealkylation sites (tertiary alicyclic amines) is 1. The lowest BCUT2D eigenvalue weighted by molar-refractivity contribution is -0.160. The van der Waals surface area contributed by atoms with Crippen LogP contribution in [-0.2, 0) is 32.3 Å². The van der Waals surface area contributed by atoms with Crippen molar-refractivity contribution in [1.29, 1.82) is 5.41 Å². The zero-order valence-electron chi connectivity index (χ0n) is 27.1. The molecule has 1 aromatic heterocycles. The molecule has 3 aliphatic rings. The Morgan fingerprint density at radius 3 is 2.56 bits per heavy atom. The van der Waals surface area contributed by atoms with Crippen LogP contribution in [0.5, 0.6) is 0 Å². The van der Waals surface area contributed by atoms with E-state index in [1.165, 1.54) is 4.90 Å². The molecule has 1 unspecified atom stereocenters. The number of rotatable bonds is 11. The monoisotopic (exact) mass is 686 g/mol. The van der Waals surface area contributed by atoms with E-state index < -0.39 is 42.5 Å². The van der Waals surface area contributed by atoms with Crippen LogP contribution in [0.2, 0.25) is 0 Å². The SMILES string of the molecule is N=C/C(=C\NC1CCN(C(=O)C(F)(F)CCC(=O)NCc2ccc3c(c2)CN(C2CCC(=O)NC2=O)C3=O)CC1)c1cnc2ccccc2n1. The van der Waals surface area contributed by atoms with Crippen molar-refractivity contribution in [3.8, 4) is 0 Å². The zero-order chi connectivity index (χ0) is 35.4. The normalized spacial score (nSPS) is 18.6. The number of aromatic nitrogens is 2. The van der Waals surface area contributed by atoms with E-state index in [0.29, 0.717) is 46.3 Å². The van der Waals surface area contributed by atoms with Gasteiger partial charge in [0.2, 0.25) is 17.7 Å². The van der Waals surface area contributed by atoms with E-state index in [1.54, 1.807) is 30.6 Å². The molecular weight excluding hydrogens is 650 g/mol. The van der Waals surface area contributed by atoms with Crippen LogP contribution in [0.15, 0.2) is 54.9 Å². The van der Waals surface area contributed by atoms with Gasteiger partial charge in [0.1, 0.15) is 6.04 Å². The third-order valence-corrected chi connectivity index (χ3v) is 9.21. The summed E-state index contributed by atoms with van der Waals surface area (Å²) in [6, 6.07) is 11.5. The van der Waals surface area contributed by atoms with E-state index in [0.717, 1.165) is 16.6 Å². The molecule has 50 heavy (non-hydrogen) atoms. The first-order chi connectivity index (χ1) is 24.0. The number of hydrogen-bond donors (Lipinski definition) is 4. The van der Waals surface area contributed by atoms with Gasteiger partial charge in [0.25, 0.3) is 11.8 Å². The lowest BCUT2D eigenvalue weighted by Gasteiger charge is -2.34. The van der Waals surface area contributed by atoms with E-state index >= 15 is 0 Å². The molecule has 0 spiro atoms. The van der Waals surface area contributed by atoms with Crippen LogP contribution in [0, 0.1) is 5.41 Å². The van der Waals surface area contributed by atoms with Crippen LogP contribution in [0.25, 0.3) is 16.6 Å². The number of carbonyl (C=O) groups is 5. The average molecular weight is 687 g/mol. The highest BCUT2D eigenvalue weighted by molar-refractivity contribution is 6.07. The number of para-hydroxylation sites is 2. The molecule has 4 heterocycles. The molecule has 1 atom stereocenters. The van der Waals surface area contributed by atoms with Crippen LogP contribution in [-0.4, -0.2) is 86.6 Å². The largest absolute Gasteiger partial charge is 0.387 e. The smallest absolute Gasteiger partial charge is 0.325 e.